The Morgan fingerprint density at radius 1 is 1.08 bits per heavy atom. The van der Waals surface area contributed by atoms with Crippen LogP contribution in [0.2, 0.25) is 0 Å². The van der Waals surface area contributed by atoms with Gasteiger partial charge in [0.1, 0.15) is 17.2 Å². The molecule has 0 bridgehead atoms. The highest BCUT2D eigenvalue weighted by atomic mass is 16.5. The fourth-order valence-electron chi connectivity index (χ4n) is 2.63. The Morgan fingerprint density at radius 3 is 2.50 bits per heavy atom. The van der Waals surface area contributed by atoms with E-state index in [9.17, 15) is 4.79 Å². The molecule has 0 saturated carbocycles. The Bertz CT molecular complexity index is 887. The summed E-state index contributed by atoms with van der Waals surface area (Å²) in [7, 11) is 4.92. The largest absolute Gasteiger partial charge is 0.497 e. The first-order valence-corrected chi connectivity index (χ1v) is 8.11. The first-order valence-electron chi connectivity index (χ1n) is 8.11. The number of aromatic nitrogens is 1. The summed E-state index contributed by atoms with van der Waals surface area (Å²) in [5.74, 6) is 1.91. The number of amides is 1. The Kier molecular flexibility index (Phi) is 5.22. The third-order valence-electron chi connectivity index (χ3n) is 4.01. The number of hydrogen-bond acceptors (Lipinski definition) is 5. The summed E-state index contributed by atoms with van der Waals surface area (Å²) in [5.41, 5.74) is 2.06. The molecule has 2 aromatic carbocycles. The molecule has 134 valence electrons. The second-order valence-corrected chi connectivity index (χ2v) is 5.77. The number of ether oxygens (including phenoxy) is 2. The van der Waals surface area contributed by atoms with Crippen molar-refractivity contribution < 1.29 is 18.8 Å². The monoisotopic (exact) mass is 352 g/mol. The van der Waals surface area contributed by atoms with Crippen LogP contribution in [-0.2, 0) is 6.54 Å². The van der Waals surface area contributed by atoms with Gasteiger partial charge in [0.15, 0.2) is 5.76 Å². The number of methoxy groups -OCH3 is 2. The maximum atomic E-state index is 12.5. The molecule has 1 heterocycles. The molecule has 1 amide bonds. The van der Waals surface area contributed by atoms with Crippen LogP contribution in [-0.4, -0.2) is 37.2 Å². The molecule has 0 aliphatic carbocycles. The number of carbonyl (C=O) groups excluding carboxylic acids is 1. The average Bonchev–Trinajstić information content (AvgIpc) is 3.15. The van der Waals surface area contributed by atoms with Crippen molar-refractivity contribution in [3.63, 3.8) is 0 Å². The summed E-state index contributed by atoms with van der Waals surface area (Å²) in [6.07, 6.45) is 0. The highest BCUT2D eigenvalue weighted by Gasteiger charge is 2.16. The summed E-state index contributed by atoms with van der Waals surface area (Å²) in [4.78, 5) is 14.1. The Balaban J connectivity index is 1.72. The van der Waals surface area contributed by atoms with Crippen molar-refractivity contribution in [1.82, 2.24) is 10.1 Å². The minimum atomic E-state index is -0.102. The van der Waals surface area contributed by atoms with Crippen LogP contribution in [0.3, 0.4) is 0 Å². The van der Waals surface area contributed by atoms with Crippen molar-refractivity contribution in [2.75, 3.05) is 21.3 Å². The van der Waals surface area contributed by atoms with Crippen LogP contribution in [0.4, 0.5) is 0 Å². The molecular weight excluding hydrogens is 332 g/mol. The lowest BCUT2D eigenvalue weighted by Gasteiger charge is -2.15. The molecule has 0 radical (unpaired) electrons. The van der Waals surface area contributed by atoms with Crippen LogP contribution >= 0.6 is 0 Å². The van der Waals surface area contributed by atoms with Crippen molar-refractivity contribution >= 4 is 5.91 Å². The molecule has 0 saturated heterocycles. The van der Waals surface area contributed by atoms with Gasteiger partial charge in [0.05, 0.1) is 26.3 Å². The van der Waals surface area contributed by atoms with E-state index in [0.29, 0.717) is 35.1 Å². The Morgan fingerprint density at radius 2 is 1.81 bits per heavy atom. The molecular formula is C20H20N2O4. The zero-order chi connectivity index (χ0) is 18.5. The molecule has 0 atom stereocenters. The second-order valence-electron chi connectivity index (χ2n) is 5.77. The van der Waals surface area contributed by atoms with E-state index in [1.54, 1.807) is 50.4 Å². The van der Waals surface area contributed by atoms with E-state index in [4.69, 9.17) is 14.0 Å². The highest BCUT2D eigenvalue weighted by Crippen LogP contribution is 2.30. The second kappa shape index (κ2) is 7.74. The molecule has 3 rings (SSSR count). The standard InChI is InChI=1S/C20H20N2O4/c1-22(20(23)14-8-10-16(24-2)11-9-14)13-15-12-19(26-21-15)17-6-4-5-7-18(17)25-3/h4-12H,13H2,1-3H3. The van der Waals surface area contributed by atoms with Gasteiger partial charge >= 0.3 is 0 Å². The first kappa shape index (κ1) is 17.5. The van der Waals surface area contributed by atoms with Gasteiger partial charge in [-0.2, -0.15) is 0 Å². The predicted molar refractivity (Wildman–Crippen MR) is 97.3 cm³/mol. The van der Waals surface area contributed by atoms with E-state index in [-0.39, 0.29) is 5.91 Å². The smallest absolute Gasteiger partial charge is 0.253 e. The van der Waals surface area contributed by atoms with E-state index < -0.39 is 0 Å². The minimum Gasteiger partial charge on any atom is -0.497 e. The zero-order valence-electron chi connectivity index (χ0n) is 14.9. The number of hydrogen-bond donors (Lipinski definition) is 0. The molecule has 0 fully saturated rings. The van der Waals surface area contributed by atoms with E-state index in [1.807, 2.05) is 30.3 Å². The highest BCUT2D eigenvalue weighted by molar-refractivity contribution is 5.94. The molecule has 0 aliphatic rings. The molecule has 0 spiro atoms. The topological polar surface area (TPSA) is 64.8 Å². The van der Waals surface area contributed by atoms with Crippen molar-refractivity contribution in [2.45, 2.75) is 6.54 Å². The van der Waals surface area contributed by atoms with Gasteiger partial charge in [-0.15, -0.1) is 0 Å². The quantitative estimate of drug-likeness (QED) is 0.678. The first-order chi connectivity index (χ1) is 12.6. The summed E-state index contributed by atoms with van der Waals surface area (Å²) in [6, 6.07) is 16.4. The summed E-state index contributed by atoms with van der Waals surface area (Å²) in [6.45, 7) is 0.337. The van der Waals surface area contributed by atoms with Gasteiger partial charge in [-0.3, -0.25) is 4.79 Å². The van der Waals surface area contributed by atoms with Crippen molar-refractivity contribution in [2.24, 2.45) is 0 Å². The molecule has 26 heavy (non-hydrogen) atoms. The van der Waals surface area contributed by atoms with E-state index >= 15 is 0 Å². The van der Waals surface area contributed by atoms with E-state index in [0.717, 1.165) is 5.56 Å². The Labute approximate surface area is 151 Å². The summed E-state index contributed by atoms with van der Waals surface area (Å²) >= 11 is 0. The zero-order valence-corrected chi connectivity index (χ0v) is 14.9. The van der Waals surface area contributed by atoms with Crippen LogP contribution < -0.4 is 9.47 Å². The van der Waals surface area contributed by atoms with Crippen molar-refractivity contribution in [3.8, 4) is 22.8 Å². The molecule has 3 aromatic rings. The normalized spacial score (nSPS) is 10.4. The predicted octanol–water partition coefficient (Wildman–Crippen LogP) is 3.63. The lowest BCUT2D eigenvalue weighted by Crippen LogP contribution is -2.26. The lowest BCUT2D eigenvalue weighted by molar-refractivity contribution is 0.0782. The fraction of sp³-hybridized carbons (Fsp3) is 0.200. The SMILES string of the molecule is COc1ccc(C(=O)N(C)Cc2cc(-c3ccccc3OC)on2)cc1. The number of nitrogens with zero attached hydrogens (tertiary/aromatic N) is 2. The van der Waals surface area contributed by atoms with Gasteiger partial charge < -0.3 is 18.9 Å². The molecule has 1 aromatic heterocycles. The van der Waals surface area contributed by atoms with Crippen molar-refractivity contribution in [3.05, 3.63) is 65.9 Å². The van der Waals surface area contributed by atoms with E-state index in [2.05, 4.69) is 5.16 Å². The number of carbonyl (C=O) groups is 1. The summed E-state index contributed by atoms with van der Waals surface area (Å²) in [5, 5.41) is 4.07. The number of rotatable bonds is 6. The van der Waals surface area contributed by atoms with Crippen LogP contribution in [0, 0.1) is 0 Å². The van der Waals surface area contributed by atoms with E-state index in [1.165, 1.54) is 0 Å². The number of para-hydroxylation sites is 1. The lowest BCUT2D eigenvalue weighted by atomic mass is 10.1. The van der Waals surface area contributed by atoms with Gasteiger partial charge in [0, 0.05) is 18.7 Å². The van der Waals surface area contributed by atoms with Gasteiger partial charge in [-0.05, 0) is 36.4 Å². The molecule has 0 N–H and O–H groups in total. The van der Waals surface area contributed by atoms with Gasteiger partial charge in [0.25, 0.3) is 5.91 Å². The van der Waals surface area contributed by atoms with Crippen LogP contribution in [0.5, 0.6) is 11.5 Å². The summed E-state index contributed by atoms with van der Waals surface area (Å²) < 4.78 is 15.9. The van der Waals surface area contributed by atoms with Crippen molar-refractivity contribution in [1.29, 1.82) is 0 Å². The van der Waals surface area contributed by atoms with Crippen LogP contribution in [0.25, 0.3) is 11.3 Å². The third kappa shape index (κ3) is 3.69. The number of benzene rings is 2. The van der Waals surface area contributed by atoms with Gasteiger partial charge in [-0.1, -0.05) is 17.3 Å². The molecule has 6 nitrogen and oxygen atoms in total. The maximum absolute atomic E-state index is 12.5. The molecule has 0 aliphatic heterocycles. The van der Waals surface area contributed by atoms with Crippen LogP contribution in [0.1, 0.15) is 16.1 Å². The average molecular weight is 352 g/mol. The third-order valence-corrected chi connectivity index (χ3v) is 4.01. The van der Waals surface area contributed by atoms with Gasteiger partial charge in [0.2, 0.25) is 0 Å². The molecule has 6 heteroatoms. The Hall–Kier alpha value is -3.28. The van der Waals surface area contributed by atoms with Gasteiger partial charge in [-0.25, -0.2) is 0 Å². The molecule has 0 unspecified atom stereocenters. The van der Waals surface area contributed by atoms with Crippen LogP contribution in [0.15, 0.2) is 59.1 Å². The minimum absolute atomic E-state index is 0.102. The maximum Gasteiger partial charge on any atom is 0.253 e. The fourth-order valence-corrected chi connectivity index (χ4v) is 2.63.